The van der Waals surface area contributed by atoms with Crippen molar-refractivity contribution in [1.82, 2.24) is 4.98 Å². The number of nitrogens with two attached hydrogens (primary N) is 1. The van der Waals surface area contributed by atoms with Crippen LogP contribution in [0, 0.1) is 6.92 Å². The minimum absolute atomic E-state index is 0.291. The second kappa shape index (κ2) is 5.04. The molecule has 1 heterocycles. The van der Waals surface area contributed by atoms with E-state index in [1.165, 1.54) is 0 Å². The molecule has 2 N–H and O–H groups in total. The molecule has 0 unspecified atom stereocenters. The van der Waals surface area contributed by atoms with Crippen LogP contribution in [0.3, 0.4) is 0 Å². The zero-order valence-electron chi connectivity index (χ0n) is 10.6. The van der Waals surface area contributed by atoms with Crippen molar-refractivity contribution in [3.8, 4) is 5.75 Å². The molecule has 0 radical (unpaired) electrons. The first-order valence-corrected chi connectivity index (χ1v) is 5.83. The molecule has 0 saturated carbocycles. The Morgan fingerprint density at radius 1 is 1.39 bits per heavy atom. The van der Waals surface area contributed by atoms with Gasteiger partial charge in [0.15, 0.2) is 0 Å². The van der Waals surface area contributed by atoms with E-state index in [1.807, 2.05) is 25.1 Å². The number of ether oxygens (including phenoxy) is 1. The monoisotopic (exact) mass is 244 g/mol. The van der Waals surface area contributed by atoms with Gasteiger partial charge in [0.1, 0.15) is 11.3 Å². The SMILES string of the molecule is COc1ccc(CCC(N)=O)c2c(C)ccnc12. The Hall–Kier alpha value is -2.10. The molecule has 4 nitrogen and oxygen atoms in total. The molecule has 0 aliphatic heterocycles. The Morgan fingerprint density at radius 2 is 2.17 bits per heavy atom. The lowest BCUT2D eigenvalue weighted by molar-refractivity contribution is -0.117. The van der Waals surface area contributed by atoms with Crippen molar-refractivity contribution in [3.05, 3.63) is 35.5 Å². The smallest absolute Gasteiger partial charge is 0.217 e. The van der Waals surface area contributed by atoms with Crippen molar-refractivity contribution in [2.75, 3.05) is 7.11 Å². The first kappa shape index (κ1) is 12.4. The molecule has 1 aromatic heterocycles. The Kier molecular flexibility index (Phi) is 3.46. The van der Waals surface area contributed by atoms with E-state index >= 15 is 0 Å². The maximum absolute atomic E-state index is 10.9. The van der Waals surface area contributed by atoms with Crippen molar-refractivity contribution >= 4 is 16.8 Å². The van der Waals surface area contributed by atoms with Gasteiger partial charge in [0.2, 0.25) is 5.91 Å². The van der Waals surface area contributed by atoms with Crippen molar-refractivity contribution in [3.63, 3.8) is 0 Å². The summed E-state index contributed by atoms with van der Waals surface area (Å²) in [6, 6.07) is 5.80. The molecular formula is C14H16N2O2. The molecule has 1 amide bonds. The maximum atomic E-state index is 10.9. The Bertz CT molecular complexity index is 594. The normalized spacial score (nSPS) is 10.6. The van der Waals surface area contributed by atoms with E-state index in [2.05, 4.69) is 4.98 Å². The number of carbonyl (C=O) groups excluding carboxylic acids is 1. The van der Waals surface area contributed by atoms with E-state index in [0.29, 0.717) is 12.8 Å². The number of hydrogen-bond donors (Lipinski definition) is 1. The standard InChI is InChI=1S/C14H16N2O2/c1-9-7-8-16-14-11(18-2)5-3-10(13(9)14)4-6-12(15)17/h3,5,7-8H,4,6H2,1-2H3,(H2,15,17). The van der Waals surface area contributed by atoms with E-state index in [1.54, 1.807) is 13.3 Å². The highest BCUT2D eigenvalue weighted by molar-refractivity contribution is 5.90. The molecule has 2 rings (SSSR count). The number of methoxy groups -OCH3 is 1. The number of primary amides is 1. The molecule has 0 fully saturated rings. The zero-order chi connectivity index (χ0) is 13.1. The van der Waals surface area contributed by atoms with Gasteiger partial charge in [0.05, 0.1) is 7.11 Å². The van der Waals surface area contributed by atoms with E-state index in [9.17, 15) is 4.79 Å². The highest BCUT2D eigenvalue weighted by Gasteiger charge is 2.10. The number of carbonyl (C=O) groups is 1. The number of benzene rings is 1. The van der Waals surface area contributed by atoms with Gasteiger partial charge >= 0.3 is 0 Å². The zero-order valence-corrected chi connectivity index (χ0v) is 10.6. The lowest BCUT2D eigenvalue weighted by Gasteiger charge is -2.11. The molecule has 0 spiro atoms. The molecule has 0 aliphatic carbocycles. The van der Waals surface area contributed by atoms with Gasteiger partial charge in [-0.2, -0.15) is 0 Å². The molecule has 0 aliphatic rings. The summed E-state index contributed by atoms with van der Waals surface area (Å²) < 4.78 is 5.31. The molecule has 4 heteroatoms. The molecule has 0 saturated heterocycles. The second-order valence-electron chi connectivity index (χ2n) is 4.24. The number of amides is 1. The van der Waals surface area contributed by atoms with Crippen LogP contribution in [0.25, 0.3) is 10.9 Å². The van der Waals surface area contributed by atoms with Gasteiger partial charge in [0.25, 0.3) is 0 Å². The summed E-state index contributed by atoms with van der Waals surface area (Å²) in [4.78, 5) is 15.3. The largest absolute Gasteiger partial charge is 0.494 e. The lowest BCUT2D eigenvalue weighted by Crippen LogP contribution is -2.11. The number of aromatic nitrogens is 1. The summed E-state index contributed by atoms with van der Waals surface area (Å²) in [6.45, 7) is 2.03. The van der Waals surface area contributed by atoms with Crippen molar-refractivity contribution in [1.29, 1.82) is 0 Å². The van der Waals surface area contributed by atoms with Gasteiger partial charge in [-0.25, -0.2) is 0 Å². The van der Waals surface area contributed by atoms with Crippen LogP contribution in [0.1, 0.15) is 17.5 Å². The average molecular weight is 244 g/mol. The lowest BCUT2D eigenvalue weighted by atomic mass is 9.99. The van der Waals surface area contributed by atoms with Crippen LogP contribution < -0.4 is 10.5 Å². The van der Waals surface area contributed by atoms with Crippen LogP contribution in [-0.2, 0) is 11.2 Å². The minimum Gasteiger partial charge on any atom is -0.494 e. The Morgan fingerprint density at radius 3 is 2.83 bits per heavy atom. The van der Waals surface area contributed by atoms with Crippen LogP contribution in [0.2, 0.25) is 0 Å². The van der Waals surface area contributed by atoms with E-state index in [0.717, 1.165) is 27.8 Å². The molecule has 1 aromatic carbocycles. The van der Waals surface area contributed by atoms with Crippen LogP contribution >= 0.6 is 0 Å². The van der Waals surface area contributed by atoms with Gasteiger partial charge in [-0.15, -0.1) is 0 Å². The number of pyridine rings is 1. The number of rotatable bonds is 4. The fourth-order valence-corrected chi connectivity index (χ4v) is 2.12. The average Bonchev–Trinajstić information content (AvgIpc) is 2.36. The van der Waals surface area contributed by atoms with E-state index < -0.39 is 0 Å². The summed E-state index contributed by atoms with van der Waals surface area (Å²) >= 11 is 0. The van der Waals surface area contributed by atoms with Crippen LogP contribution in [0.4, 0.5) is 0 Å². The van der Waals surface area contributed by atoms with Gasteiger partial charge in [-0.3, -0.25) is 9.78 Å². The first-order chi connectivity index (χ1) is 8.63. The molecule has 2 aromatic rings. The van der Waals surface area contributed by atoms with Gasteiger partial charge in [-0.1, -0.05) is 6.07 Å². The third-order valence-electron chi connectivity index (χ3n) is 3.01. The van der Waals surface area contributed by atoms with Crippen molar-refractivity contribution < 1.29 is 9.53 Å². The molecule has 94 valence electrons. The van der Waals surface area contributed by atoms with Crippen molar-refractivity contribution in [2.45, 2.75) is 19.8 Å². The second-order valence-corrected chi connectivity index (χ2v) is 4.24. The van der Waals surface area contributed by atoms with Gasteiger partial charge in [-0.05, 0) is 36.6 Å². The Labute approximate surface area is 106 Å². The van der Waals surface area contributed by atoms with Crippen LogP contribution in [0.5, 0.6) is 5.75 Å². The highest BCUT2D eigenvalue weighted by Crippen LogP contribution is 2.29. The quantitative estimate of drug-likeness (QED) is 0.894. The molecule has 0 bridgehead atoms. The number of fused-ring (bicyclic) bond motifs is 1. The third kappa shape index (κ3) is 2.27. The molecule has 0 atom stereocenters. The van der Waals surface area contributed by atoms with Gasteiger partial charge < -0.3 is 10.5 Å². The summed E-state index contributed by atoms with van der Waals surface area (Å²) in [5, 5.41) is 1.05. The minimum atomic E-state index is -0.291. The fraction of sp³-hybridized carbons (Fsp3) is 0.286. The summed E-state index contributed by atoms with van der Waals surface area (Å²) in [5.41, 5.74) is 8.23. The topological polar surface area (TPSA) is 65.2 Å². The van der Waals surface area contributed by atoms with Gasteiger partial charge in [0, 0.05) is 18.0 Å². The highest BCUT2D eigenvalue weighted by atomic mass is 16.5. The number of aryl methyl sites for hydroxylation is 2. The predicted molar refractivity (Wildman–Crippen MR) is 70.5 cm³/mol. The molecule has 18 heavy (non-hydrogen) atoms. The van der Waals surface area contributed by atoms with Crippen molar-refractivity contribution in [2.24, 2.45) is 5.73 Å². The van der Waals surface area contributed by atoms with E-state index in [-0.39, 0.29) is 5.91 Å². The summed E-state index contributed by atoms with van der Waals surface area (Å²) in [6.07, 6.45) is 2.73. The summed E-state index contributed by atoms with van der Waals surface area (Å²) in [5.74, 6) is 0.456. The predicted octanol–water partition coefficient (Wildman–Crippen LogP) is 1.97. The number of hydrogen-bond acceptors (Lipinski definition) is 3. The first-order valence-electron chi connectivity index (χ1n) is 5.83. The fourth-order valence-electron chi connectivity index (χ4n) is 2.12. The number of nitrogens with zero attached hydrogens (tertiary/aromatic N) is 1. The molecular weight excluding hydrogens is 228 g/mol. The Balaban J connectivity index is 2.57. The maximum Gasteiger partial charge on any atom is 0.217 e. The summed E-state index contributed by atoms with van der Waals surface area (Å²) in [7, 11) is 1.63. The third-order valence-corrected chi connectivity index (χ3v) is 3.01. The van der Waals surface area contributed by atoms with E-state index in [4.69, 9.17) is 10.5 Å². The van der Waals surface area contributed by atoms with Crippen LogP contribution in [0.15, 0.2) is 24.4 Å². The van der Waals surface area contributed by atoms with Crippen LogP contribution in [-0.4, -0.2) is 18.0 Å².